The van der Waals surface area contributed by atoms with Crippen LogP contribution in [0.1, 0.15) is 20.3 Å². The second-order valence-corrected chi connectivity index (χ2v) is 4.08. The second kappa shape index (κ2) is 3.18. The summed E-state index contributed by atoms with van der Waals surface area (Å²) >= 11 is 0. The molecular formula is C9H16N2O2. The predicted octanol–water partition coefficient (Wildman–Crippen LogP) is 0.577. The van der Waals surface area contributed by atoms with Crippen molar-refractivity contribution in [3.63, 3.8) is 0 Å². The number of likely N-dealkylation sites (tertiary alicyclic amines) is 1. The fourth-order valence-corrected chi connectivity index (χ4v) is 2.05. The summed E-state index contributed by atoms with van der Waals surface area (Å²) in [5, 5.41) is 3.34. The quantitative estimate of drug-likeness (QED) is 0.648. The van der Waals surface area contributed by atoms with Gasteiger partial charge in [-0.15, -0.1) is 0 Å². The largest absolute Gasteiger partial charge is 0.447 e. The molecule has 0 radical (unpaired) electrons. The van der Waals surface area contributed by atoms with Gasteiger partial charge in [0.15, 0.2) is 0 Å². The highest BCUT2D eigenvalue weighted by Crippen LogP contribution is 2.23. The van der Waals surface area contributed by atoms with Gasteiger partial charge >= 0.3 is 6.09 Å². The van der Waals surface area contributed by atoms with Gasteiger partial charge in [-0.25, -0.2) is 4.79 Å². The fourth-order valence-electron chi connectivity index (χ4n) is 2.05. The standard InChI is InChI=1S/C9H16N2O2/c1-6(2)13-9(12)11-5-7-3-8(11)4-10-7/h6-8,10H,3-5H2,1-2H3/t7-,8-/m1/s1. The minimum Gasteiger partial charge on any atom is -0.447 e. The minimum absolute atomic E-state index is 0.0143. The summed E-state index contributed by atoms with van der Waals surface area (Å²) in [6.45, 7) is 5.50. The fraction of sp³-hybridized carbons (Fsp3) is 0.889. The molecule has 2 atom stereocenters. The normalized spacial score (nSPS) is 31.5. The molecular weight excluding hydrogens is 168 g/mol. The van der Waals surface area contributed by atoms with Gasteiger partial charge in [0, 0.05) is 25.2 Å². The van der Waals surface area contributed by atoms with Crippen molar-refractivity contribution in [3.8, 4) is 0 Å². The topological polar surface area (TPSA) is 41.6 Å². The number of hydrogen-bond donors (Lipinski definition) is 1. The number of nitrogens with zero attached hydrogens (tertiary/aromatic N) is 1. The van der Waals surface area contributed by atoms with Crippen molar-refractivity contribution in [2.24, 2.45) is 0 Å². The predicted molar refractivity (Wildman–Crippen MR) is 48.5 cm³/mol. The van der Waals surface area contributed by atoms with E-state index >= 15 is 0 Å². The molecule has 1 N–H and O–H groups in total. The van der Waals surface area contributed by atoms with Crippen LogP contribution in [0.3, 0.4) is 0 Å². The number of piperazine rings is 1. The smallest absolute Gasteiger partial charge is 0.410 e. The molecule has 2 heterocycles. The van der Waals surface area contributed by atoms with Gasteiger partial charge in [0.25, 0.3) is 0 Å². The summed E-state index contributed by atoms with van der Waals surface area (Å²) in [7, 11) is 0. The molecule has 0 aromatic rings. The SMILES string of the molecule is CC(C)OC(=O)N1C[C@H]2C[C@@H]1CN2. The average molecular weight is 184 g/mol. The molecule has 2 fully saturated rings. The van der Waals surface area contributed by atoms with Crippen LogP contribution in [-0.4, -0.2) is 42.3 Å². The Morgan fingerprint density at radius 2 is 2.38 bits per heavy atom. The van der Waals surface area contributed by atoms with Gasteiger partial charge in [-0.05, 0) is 20.3 Å². The molecule has 4 heteroatoms. The van der Waals surface area contributed by atoms with Crippen LogP contribution < -0.4 is 5.32 Å². The van der Waals surface area contributed by atoms with Crippen LogP contribution in [0.25, 0.3) is 0 Å². The third kappa shape index (κ3) is 1.63. The van der Waals surface area contributed by atoms with Gasteiger partial charge in [0.05, 0.1) is 6.10 Å². The van der Waals surface area contributed by atoms with E-state index in [9.17, 15) is 4.79 Å². The highest BCUT2D eigenvalue weighted by atomic mass is 16.6. The number of fused-ring (bicyclic) bond motifs is 2. The third-order valence-corrected chi connectivity index (χ3v) is 2.63. The van der Waals surface area contributed by atoms with E-state index in [1.165, 1.54) is 0 Å². The van der Waals surface area contributed by atoms with E-state index in [1.54, 1.807) is 0 Å². The molecule has 2 saturated heterocycles. The van der Waals surface area contributed by atoms with Gasteiger partial charge in [-0.1, -0.05) is 0 Å². The number of carbonyl (C=O) groups excluding carboxylic acids is 1. The molecule has 2 bridgehead atoms. The van der Waals surface area contributed by atoms with Crippen LogP contribution in [0, 0.1) is 0 Å². The first-order chi connectivity index (χ1) is 6.16. The highest BCUT2D eigenvalue weighted by Gasteiger charge is 2.40. The van der Waals surface area contributed by atoms with Crippen molar-refractivity contribution < 1.29 is 9.53 Å². The summed E-state index contributed by atoms with van der Waals surface area (Å²) in [5.74, 6) is 0. The molecule has 1 amide bonds. The van der Waals surface area contributed by atoms with Gasteiger partial charge in [-0.2, -0.15) is 0 Å². The Hall–Kier alpha value is -0.770. The van der Waals surface area contributed by atoms with E-state index in [-0.39, 0.29) is 12.2 Å². The Bertz CT molecular complexity index is 218. The molecule has 0 aromatic carbocycles. The van der Waals surface area contributed by atoms with Crippen molar-refractivity contribution >= 4 is 6.09 Å². The first-order valence-corrected chi connectivity index (χ1v) is 4.87. The second-order valence-electron chi connectivity index (χ2n) is 4.08. The Balaban J connectivity index is 1.91. The summed E-state index contributed by atoms with van der Waals surface area (Å²) < 4.78 is 5.15. The van der Waals surface area contributed by atoms with E-state index < -0.39 is 0 Å². The Morgan fingerprint density at radius 1 is 1.62 bits per heavy atom. The number of carbonyl (C=O) groups is 1. The van der Waals surface area contributed by atoms with E-state index in [0.717, 1.165) is 19.5 Å². The zero-order valence-corrected chi connectivity index (χ0v) is 8.12. The summed E-state index contributed by atoms with van der Waals surface area (Å²) in [5.41, 5.74) is 0. The molecule has 2 aliphatic rings. The number of hydrogen-bond acceptors (Lipinski definition) is 3. The lowest BCUT2D eigenvalue weighted by Crippen LogP contribution is -2.47. The number of nitrogens with one attached hydrogen (secondary N) is 1. The maximum absolute atomic E-state index is 11.5. The Morgan fingerprint density at radius 3 is 2.85 bits per heavy atom. The van der Waals surface area contributed by atoms with Crippen LogP contribution in [0.2, 0.25) is 0 Å². The Kier molecular flexibility index (Phi) is 2.15. The van der Waals surface area contributed by atoms with E-state index in [0.29, 0.717) is 12.1 Å². The lowest BCUT2D eigenvalue weighted by atomic mass is 10.2. The van der Waals surface area contributed by atoms with Crippen molar-refractivity contribution in [2.45, 2.75) is 38.5 Å². The average Bonchev–Trinajstić information content (AvgIpc) is 2.62. The Labute approximate surface area is 78.2 Å². The van der Waals surface area contributed by atoms with Crippen molar-refractivity contribution in [2.75, 3.05) is 13.1 Å². The molecule has 0 aliphatic carbocycles. The van der Waals surface area contributed by atoms with Crippen LogP contribution >= 0.6 is 0 Å². The van der Waals surface area contributed by atoms with E-state index in [1.807, 2.05) is 18.7 Å². The molecule has 2 aliphatic heterocycles. The molecule has 0 unspecified atom stereocenters. The van der Waals surface area contributed by atoms with Crippen LogP contribution in [0.4, 0.5) is 4.79 Å². The lowest BCUT2D eigenvalue weighted by Gasteiger charge is -2.27. The summed E-state index contributed by atoms with van der Waals surface area (Å²) in [6, 6.07) is 0.876. The number of ether oxygens (including phenoxy) is 1. The molecule has 0 saturated carbocycles. The highest BCUT2D eigenvalue weighted by molar-refractivity contribution is 5.69. The monoisotopic (exact) mass is 184 g/mol. The van der Waals surface area contributed by atoms with Crippen molar-refractivity contribution in [3.05, 3.63) is 0 Å². The zero-order valence-electron chi connectivity index (χ0n) is 8.12. The molecule has 2 rings (SSSR count). The van der Waals surface area contributed by atoms with Crippen LogP contribution in [0.15, 0.2) is 0 Å². The van der Waals surface area contributed by atoms with Gasteiger partial charge in [0.1, 0.15) is 0 Å². The van der Waals surface area contributed by atoms with E-state index in [4.69, 9.17) is 4.74 Å². The van der Waals surface area contributed by atoms with Crippen molar-refractivity contribution in [1.82, 2.24) is 10.2 Å². The van der Waals surface area contributed by atoms with Crippen LogP contribution in [0.5, 0.6) is 0 Å². The third-order valence-electron chi connectivity index (χ3n) is 2.63. The lowest BCUT2D eigenvalue weighted by molar-refractivity contribution is 0.0697. The minimum atomic E-state index is -0.149. The van der Waals surface area contributed by atoms with Gasteiger partial charge in [-0.3, -0.25) is 0 Å². The van der Waals surface area contributed by atoms with E-state index in [2.05, 4.69) is 5.32 Å². The van der Waals surface area contributed by atoms with Gasteiger partial charge in [0.2, 0.25) is 0 Å². The molecule has 74 valence electrons. The summed E-state index contributed by atoms with van der Waals surface area (Å²) in [4.78, 5) is 13.4. The molecule has 0 aromatic heterocycles. The molecule has 4 nitrogen and oxygen atoms in total. The summed E-state index contributed by atoms with van der Waals surface area (Å²) in [6.07, 6.45) is 0.927. The number of amides is 1. The maximum Gasteiger partial charge on any atom is 0.410 e. The van der Waals surface area contributed by atoms with Gasteiger partial charge < -0.3 is 15.0 Å². The molecule has 13 heavy (non-hydrogen) atoms. The first-order valence-electron chi connectivity index (χ1n) is 4.87. The zero-order chi connectivity index (χ0) is 9.42. The number of rotatable bonds is 1. The van der Waals surface area contributed by atoms with Crippen molar-refractivity contribution in [1.29, 1.82) is 0 Å². The molecule has 0 spiro atoms. The first kappa shape index (κ1) is 8.81. The van der Waals surface area contributed by atoms with Crippen LogP contribution in [-0.2, 0) is 4.74 Å². The maximum atomic E-state index is 11.5.